The zero-order chi connectivity index (χ0) is 16.7. The maximum absolute atomic E-state index is 11.2. The Hall–Kier alpha value is -2.72. The number of nitrogens with zero attached hydrogens (tertiary/aromatic N) is 2. The zero-order valence-electron chi connectivity index (χ0n) is 13.6. The summed E-state index contributed by atoms with van der Waals surface area (Å²) in [6.07, 6.45) is 0. The van der Waals surface area contributed by atoms with Crippen LogP contribution < -0.4 is 0 Å². The molecular formula is C20H20N2O. The first-order valence-corrected chi connectivity index (χ1v) is 7.31. The molecule has 2 aromatic rings. The Morgan fingerprint density at radius 1 is 0.783 bits per heavy atom. The second-order valence-corrected chi connectivity index (χ2v) is 5.30. The Labute approximate surface area is 138 Å². The van der Waals surface area contributed by atoms with Gasteiger partial charge in [0.25, 0.3) is 0 Å². The molecule has 0 amide bonds. The summed E-state index contributed by atoms with van der Waals surface area (Å²) in [5.74, 6) is 8.46. The van der Waals surface area contributed by atoms with Gasteiger partial charge >= 0.3 is 0 Å². The van der Waals surface area contributed by atoms with Crippen molar-refractivity contribution in [2.24, 2.45) is 0 Å². The van der Waals surface area contributed by atoms with Crippen LogP contribution in [0.1, 0.15) is 11.1 Å². The van der Waals surface area contributed by atoms with Crippen LogP contribution in [-0.2, 0) is 5.60 Å². The lowest BCUT2D eigenvalue weighted by molar-refractivity contribution is 0.130. The van der Waals surface area contributed by atoms with Gasteiger partial charge in [0, 0.05) is 44.2 Å². The lowest BCUT2D eigenvalue weighted by Gasteiger charge is -2.23. The van der Waals surface area contributed by atoms with Crippen LogP contribution in [-0.4, -0.2) is 36.3 Å². The van der Waals surface area contributed by atoms with E-state index in [4.69, 9.17) is 0 Å². The minimum atomic E-state index is -1.38. The van der Waals surface area contributed by atoms with Crippen LogP contribution >= 0.6 is 0 Å². The van der Waals surface area contributed by atoms with Crippen LogP contribution in [0.15, 0.2) is 60.7 Å². The minimum absolute atomic E-state index is 0.724. The number of rotatable bonds is 3. The van der Waals surface area contributed by atoms with E-state index in [0.29, 0.717) is 0 Å². The molecular weight excluding hydrogens is 284 g/mol. The number of hydrogen-bond donors (Lipinski definition) is 1. The normalized spacial score (nSPS) is 10.3. The van der Waals surface area contributed by atoms with E-state index in [2.05, 4.69) is 23.8 Å². The van der Waals surface area contributed by atoms with Gasteiger partial charge in [-0.05, 0) is 11.8 Å². The fourth-order valence-corrected chi connectivity index (χ4v) is 2.00. The van der Waals surface area contributed by atoms with Gasteiger partial charge in [-0.1, -0.05) is 60.7 Å². The third kappa shape index (κ3) is 4.14. The standard InChI is InChI=1S/C20H20N2O/c1-21(2)22(3)17-11-10-16-20(23,18-12-6-4-7-13-18)19-14-8-5-9-15-19/h4-9,12-15,23H,1-3H3. The van der Waals surface area contributed by atoms with E-state index in [1.54, 1.807) is 5.01 Å². The molecule has 0 spiro atoms. The molecule has 23 heavy (non-hydrogen) atoms. The van der Waals surface area contributed by atoms with Crippen LogP contribution in [0.5, 0.6) is 0 Å². The van der Waals surface area contributed by atoms with E-state index in [1.165, 1.54) is 0 Å². The molecule has 0 heterocycles. The molecule has 2 rings (SSSR count). The predicted octanol–water partition coefficient (Wildman–Crippen LogP) is 2.30. The van der Waals surface area contributed by atoms with Crippen LogP contribution in [0.25, 0.3) is 0 Å². The first-order chi connectivity index (χ1) is 11.0. The molecule has 0 aromatic heterocycles. The molecule has 0 unspecified atom stereocenters. The maximum atomic E-state index is 11.2. The summed E-state index contributed by atoms with van der Waals surface area (Å²) in [7, 11) is 5.63. The average Bonchev–Trinajstić information content (AvgIpc) is 2.59. The molecule has 0 bridgehead atoms. The number of aliphatic hydroxyl groups is 1. The maximum Gasteiger partial charge on any atom is 0.177 e. The van der Waals surface area contributed by atoms with Crippen molar-refractivity contribution < 1.29 is 5.11 Å². The Bertz CT molecular complexity index is 707. The van der Waals surface area contributed by atoms with Crippen molar-refractivity contribution in [2.45, 2.75) is 5.60 Å². The molecule has 0 saturated heterocycles. The third-order valence-corrected chi connectivity index (χ3v) is 3.51. The molecule has 0 saturated carbocycles. The van der Waals surface area contributed by atoms with Gasteiger partial charge in [0.15, 0.2) is 5.60 Å². The van der Waals surface area contributed by atoms with Crippen molar-refractivity contribution >= 4 is 0 Å². The SMILES string of the molecule is CN(C)N(C)C#CC#CC(O)(c1ccccc1)c1ccccc1. The molecule has 0 fully saturated rings. The highest BCUT2D eigenvalue weighted by Crippen LogP contribution is 2.28. The molecule has 116 valence electrons. The lowest BCUT2D eigenvalue weighted by Crippen LogP contribution is -2.28. The summed E-state index contributed by atoms with van der Waals surface area (Å²) in [5, 5.41) is 14.7. The van der Waals surface area contributed by atoms with Crippen LogP contribution in [0.3, 0.4) is 0 Å². The van der Waals surface area contributed by atoms with Crippen LogP contribution in [0.2, 0.25) is 0 Å². The van der Waals surface area contributed by atoms with E-state index in [-0.39, 0.29) is 0 Å². The summed E-state index contributed by atoms with van der Waals surface area (Å²) in [4.78, 5) is 0. The summed E-state index contributed by atoms with van der Waals surface area (Å²) in [6.45, 7) is 0. The molecule has 0 aliphatic heterocycles. The number of hydrogen-bond acceptors (Lipinski definition) is 3. The van der Waals surface area contributed by atoms with E-state index < -0.39 is 5.60 Å². The van der Waals surface area contributed by atoms with E-state index >= 15 is 0 Å². The van der Waals surface area contributed by atoms with Gasteiger partial charge < -0.3 is 5.11 Å². The molecule has 0 aliphatic rings. The number of benzene rings is 2. The highest BCUT2D eigenvalue weighted by atomic mass is 16.3. The fourth-order valence-electron chi connectivity index (χ4n) is 2.00. The third-order valence-electron chi connectivity index (χ3n) is 3.51. The Morgan fingerprint density at radius 3 is 1.70 bits per heavy atom. The van der Waals surface area contributed by atoms with Gasteiger partial charge in [-0.25, -0.2) is 5.01 Å². The molecule has 0 atom stereocenters. The second kappa shape index (κ2) is 7.51. The molecule has 3 nitrogen and oxygen atoms in total. The largest absolute Gasteiger partial charge is 0.369 e. The second-order valence-electron chi connectivity index (χ2n) is 5.30. The smallest absolute Gasteiger partial charge is 0.177 e. The topological polar surface area (TPSA) is 26.7 Å². The molecule has 2 aromatic carbocycles. The summed E-state index contributed by atoms with van der Waals surface area (Å²) in [5.41, 5.74) is 0.0661. The van der Waals surface area contributed by atoms with E-state index in [0.717, 1.165) is 11.1 Å². The van der Waals surface area contributed by atoms with Gasteiger partial charge in [-0.15, -0.1) is 0 Å². The monoisotopic (exact) mass is 304 g/mol. The van der Waals surface area contributed by atoms with Gasteiger partial charge in [0.2, 0.25) is 0 Å². The van der Waals surface area contributed by atoms with Crippen molar-refractivity contribution in [3.63, 3.8) is 0 Å². The van der Waals surface area contributed by atoms with Crippen molar-refractivity contribution in [3.8, 4) is 23.8 Å². The quantitative estimate of drug-likeness (QED) is 0.535. The fraction of sp³-hybridized carbons (Fsp3) is 0.200. The van der Waals surface area contributed by atoms with Crippen molar-refractivity contribution in [1.82, 2.24) is 10.0 Å². The Kier molecular flexibility index (Phi) is 5.44. The lowest BCUT2D eigenvalue weighted by atomic mass is 9.87. The highest BCUT2D eigenvalue weighted by molar-refractivity contribution is 5.46. The van der Waals surface area contributed by atoms with Gasteiger partial charge in [0.05, 0.1) is 0 Å². The van der Waals surface area contributed by atoms with Crippen LogP contribution in [0.4, 0.5) is 0 Å². The molecule has 0 radical (unpaired) electrons. The number of hydrazine groups is 1. The van der Waals surface area contributed by atoms with Gasteiger partial charge in [0.1, 0.15) is 0 Å². The summed E-state index contributed by atoms with van der Waals surface area (Å²) in [6, 6.07) is 21.7. The molecule has 0 aliphatic carbocycles. The predicted molar refractivity (Wildman–Crippen MR) is 92.9 cm³/mol. The van der Waals surface area contributed by atoms with Crippen molar-refractivity contribution in [3.05, 3.63) is 71.8 Å². The zero-order valence-corrected chi connectivity index (χ0v) is 13.6. The summed E-state index contributed by atoms with van der Waals surface area (Å²) >= 11 is 0. The summed E-state index contributed by atoms with van der Waals surface area (Å²) < 4.78 is 0. The van der Waals surface area contributed by atoms with Gasteiger partial charge in [-0.3, -0.25) is 5.01 Å². The van der Waals surface area contributed by atoms with E-state index in [1.807, 2.05) is 86.8 Å². The average molecular weight is 304 g/mol. The molecule has 1 N–H and O–H groups in total. The molecule has 3 heteroatoms. The first kappa shape index (κ1) is 16.6. The van der Waals surface area contributed by atoms with E-state index in [9.17, 15) is 5.11 Å². The highest BCUT2D eigenvalue weighted by Gasteiger charge is 2.28. The van der Waals surface area contributed by atoms with Crippen molar-refractivity contribution in [1.29, 1.82) is 0 Å². The Morgan fingerprint density at radius 2 is 1.26 bits per heavy atom. The first-order valence-electron chi connectivity index (χ1n) is 7.31. The van der Waals surface area contributed by atoms with Gasteiger partial charge in [-0.2, -0.15) is 0 Å². The Balaban J connectivity index is 2.41. The van der Waals surface area contributed by atoms with Crippen LogP contribution in [0, 0.1) is 23.8 Å². The van der Waals surface area contributed by atoms with Crippen molar-refractivity contribution in [2.75, 3.05) is 21.1 Å². The minimum Gasteiger partial charge on any atom is -0.369 e.